The van der Waals surface area contributed by atoms with Gasteiger partial charge in [0, 0.05) is 50.2 Å². The largest absolute Gasteiger partial charge is 0.481 e. The fourth-order valence-corrected chi connectivity index (χ4v) is 6.99. The van der Waals surface area contributed by atoms with Crippen molar-refractivity contribution in [1.82, 2.24) is 14.7 Å². The third kappa shape index (κ3) is 7.79. The summed E-state index contributed by atoms with van der Waals surface area (Å²) in [5.41, 5.74) is 2.56. The quantitative estimate of drug-likeness (QED) is 0.237. The molecule has 3 heterocycles. The van der Waals surface area contributed by atoms with Gasteiger partial charge in [-0.05, 0) is 55.0 Å². The van der Waals surface area contributed by atoms with Crippen molar-refractivity contribution in [3.05, 3.63) is 59.2 Å². The Kier molecular flexibility index (Phi) is 10.3. The van der Waals surface area contributed by atoms with Crippen LogP contribution in [-0.2, 0) is 16.1 Å². The lowest BCUT2D eigenvalue weighted by Gasteiger charge is -2.31. The zero-order valence-electron chi connectivity index (χ0n) is 27.2. The second kappa shape index (κ2) is 14.2. The molecule has 0 saturated carbocycles. The molecule has 0 radical (unpaired) electrons. The molecule has 3 atom stereocenters. The number of ether oxygens (including phenoxy) is 2. The highest BCUT2D eigenvalue weighted by atomic mass is 16.7. The van der Waals surface area contributed by atoms with Crippen LogP contribution in [0.1, 0.15) is 66.4 Å². The third-order valence-electron chi connectivity index (χ3n) is 9.43. The fourth-order valence-electron chi connectivity index (χ4n) is 6.99. The van der Waals surface area contributed by atoms with Crippen molar-refractivity contribution in [1.29, 1.82) is 0 Å². The molecular weight excluding hydrogens is 572 g/mol. The number of unbranched alkanes of at least 4 members (excludes halogenated alkanes) is 2. The Balaban J connectivity index is 1.35. The molecule has 2 aromatic carbocycles. The number of benzene rings is 2. The Bertz CT molecular complexity index is 1370. The van der Waals surface area contributed by atoms with Crippen molar-refractivity contribution in [3.63, 3.8) is 0 Å². The molecule has 1 N–H and O–H groups in total. The van der Waals surface area contributed by atoms with Crippen LogP contribution in [0.2, 0.25) is 0 Å². The van der Waals surface area contributed by atoms with Gasteiger partial charge in [-0.25, -0.2) is 0 Å². The molecule has 10 heteroatoms. The average molecular weight is 622 g/mol. The number of carboxylic acid groups (broad SMARTS) is 1. The molecule has 5 rings (SSSR count). The van der Waals surface area contributed by atoms with E-state index in [1.54, 1.807) is 4.90 Å². The van der Waals surface area contributed by atoms with E-state index in [2.05, 4.69) is 33.0 Å². The summed E-state index contributed by atoms with van der Waals surface area (Å²) in [5, 5.41) is 10.6. The third-order valence-corrected chi connectivity index (χ3v) is 9.43. The molecular formula is C35H49N4O6+. The maximum absolute atomic E-state index is 13.9. The van der Waals surface area contributed by atoms with Gasteiger partial charge in [0.2, 0.25) is 12.7 Å². The summed E-state index contributed by atoms with van der Waals surface area (Å²) >= 11 is 0. The molecule has 3 aliphatic rings. The normalized spacial score (nSPS) is 20.9. The van der Waals surface area contributed by atoms with Gasteiger partial charge in [-0.2, -0.15) is 0 Å². The molecule has 3 unspecified atom stereocenters. The maximum Gasteiger partial charge on any atom is 0.308 e. The SMILES string of the molecule is CCCCN(CCCC[N+](C)(C)C)C(=O)CN1CC(c2ccc3c(c2)OCO3)C(C(=O)O)C1CCN1Cc2ccccc2C1=O. The Morgan fingerprint density at radius 3 is 2.51 bits per heavy atom. The highest BCUT2D eigenvalue weighted by Crippen LogP contribution is 2.43. The van der Waals surface area contributed by atoms with E-state index in [1.165, 1.54) is 0 Å². The highest BCUT2D eigenvalue weighted by molar-refractivity contribution is 5.98. The van der Waals surface area contributed by atoms with Crippen LogP contribution in [0.25, 0.3) is 0 Å². The van der Waals surface area contributed by atoms with E-state index in [-0.39, 0.29) is 31.1 Å². The Morgan fingerprint density at radius 1 is 1.02 bits per heavy atom. The van der Waals surface area contributed by atoms with E-state index < -0.39 is 17.9 Å². The summed E-state index contributed by atoms with van der Waals surface area (Å²) in [6.07, 6.45) is 4.35. The van der Waals surface area contributed by atoms with Crippen LogP contribution >= 0.6 is 0 Å². The first-order valence-corrected chi connectivity index (χ1v) is 16.4. The molecule has 45 heavy (non-hydrogen) atoms. The van der Waals surface area contributed by atoms with Gasteiger partial charge in [0.25, 0.3) is 5.91 Å². The number of hydrogen-bond acceptors (Lipinski definition) is 6. The van der Waals surface area contributed by atoms with Crippen LogP contribution in [-0.4, -0.2) is 115 Å². The number of rotatable bonds is 15. The molecule has 3 aliphatic heterocycles. The van der Waals surface area contributed by atoms with E-state index in [0.717, 1.165) is 47.8 Å². The Hall–Kier alpha value is -3.63. The van der Waals surface area contributed by atoms with E-state index in [1.807, 2.05) is 47.4 Å². The summed E-state index contributed by atoms with van der Waals surface area (Å²) < 4.78 is 12.0. The van der Waals surface area contributed by atoms with Crippen molar-refractivity contribution in [3.8, 4) is 11.5 Å². The topological polar surface area (TPSA) is 99.6 Å². The van der Waals surface area contributed by atoms with Crippen LogP contribution in [0.3, 0.4) is 0 Å². The van der Waals surface area contributed by atoms with Gasteiger partial charge < -0.3 is 28.9 Å². The zero-order chi connectivity index (χ0) is 32.1. The van der Waals surface area contributed by atoms with Gasteiger partial charge in [-0.1, -0.05) is 37.6 Å². The molecule has 2 amide bonds. The first kappa shape index (κ1) is 32.8. The van der Waals surface area contributed by atoms with Gasteiger partial charge in [0.1, 0.15) is 0 Å². The van der Waals surface area contributed by atoms with Crippen LogP contribution < -0.4 is 9.47 Å². The maximum atomic E-state index is 13.9. The first-order valence-electron chi connectivity index (χ1n) is 16.4. The van der Waals surface area contributed by atoms with Crippen molar-refractivity contribution >= 4 is 17.8 Å². The van der Waals surface area contributed by atoms with Crippen LogP contribution in [0.15, 0.2) is 42.5 Å². The molecule has 1 saturated heterocycles. The van der Waals surface area contributed by atoms with Gasteiger partial charge in [0.15, 0.2) is 11.5 Å². The number of carboxylic acids is 1. The molecule has 1 fully saturated rings. The van der Waals surface area contributed by atoms with Gasteiger partial charge in [-0.15, -0.1) is 0 Å². The fraction of sp³-hybridized carbons (Fsp3) is 0.571. The van der Waals surface area contributed by atoms with Crippen LogP contribution in [0, 0.1) is 5.92 Å². The van der Waals surface area contributed by atoms with E-state index >= 15 is 0 Å². The number of carbonyl (C=O) groups is 3. The summed E-state index contributed by atoms with van der Waals surface area (Å²) in [5.74, 6) is -0.693. The van der Waals surface area contributed by atoms with E-state index in [4.69, 9.17) is 9.47 Å². The van der Waals surface area contributed by atoms with Gasteiger partial charge in [0.05, 0.1) is 40.2 Å². The summed E-state index contributed by atoms with van der Waals surface area (Å²) in [7, 11) is 6.53. The monoisotopic (exact) mass is 621 g/mol. The summed E-state index contributed by atoms with van der Waals surface area (Å²) in [4.78, 5) is 45.9. The van der Waals surface area contributed by atoms with Crippen LogP contribution in [0.4, 0.5) is 0 Å². The highest BCUT2D eigenvalue weighted by Gasteiger charge is 2.47. The predicted octanol–water partition coefficient (Wildman–Crippen LogP) is 4.05. The Morgan fingerprint density at radius 2 is 1.78 bits per heavy atom. The smallest absolute Gasteiger partial charge is 0.308 e. The second-order valence-electron chi connectivity index (χ2n) is 13.7. The molecule has 244 valence electrons. The van der Waals surface area contributed by atoms with Crippen molar-refractivity contribution in [2.24, 2.45) is 5.92 Å². The lowest BCUT2D eigenvalue weighted by Crippen LogP contribution is -2.46. The molecule has 0 aliphatic carbocycles. The van der Waals surface area contributed by atoms with Gasteiger partial charge >= 0.3 is 5.97 Å². The first-order chi connectivity index (χ1) is 21.6. The molecule has 10 nitrogen and oxygen atoms in total. The average Bonchev–Trinajstić information content (AvgIpc) is 3.70. The predicted molar refractivity (Wildman–Crippen MR) is 171 cm³/mol. The minimum atomic E-state index is -0.892. The zero-order valence-corrected chi connectivity index (χ0v) is 27.2. The number of aliphatic carboxylic acids is 1. The molecule has 2 aromatic rings. The number of amides is 2. The van der Waals surface area contributed by atoms with Crippen molar-refractivity contribution in [2.45, 2.75) is 57.5 Å². The van der Waals surface area contributed by atoms with E-state index in [9.17, 15) is 19.5 Å². The van der Waals surface area contributed by atoms with E-state index in [0.29, 0.717) is 56.2 Å². The molecule has 0 aromatic heterocycles. The number of carbonyl (C=O) groups excluding carboxylic acids is 2. The second-order valence-corrected chi connectivity index (χ2v) is 13.7. The minimum Gasteiger partial charge on any atom is -0.481 e. The number of hydrogen-bond donors (Lipinski definition) is 1. The molecule has 0 bridgehead atoms. The minimum absolute atomic E-state index is 0.0231. The summed E-state index contributed by atoms with van der Waals surface area (Å²) in [6, 6.07) is 12.8. The van der Waals surface area contributed by atoms with Crippen molar-refractivity contribution < 1.29 is 33.4 Å². The molecule has 0 spiro atoms. The van der Waals surface area contributed by atoms with Gasteiger partial charge in [-0.3, -0.25) is 19.3 Å². The number of quaternary nitrogens is 1. The number of fused-ring (bicyclic) bond motifs is 2. The lowest BCUT2D eigenvalue weighted by atomic mass is 9.84. The Labute approximate surface area is 267 Å². The number of likely N-dealkylation sites (tertiary alicyclic amines) is 1. The van der Waals surface area contributed by atoms with Crippen molar-refractivity contribution in [2.75, 3.05) is 67.2 Å². The van der Waals surface area contributed by atoms with Crippen LogP contribution in [0.5, 0.6) is 11.5 Å². The lowest BCUT2D eigenvalue weighted by molar-refractivity contribution is -0.870. The summed E-state index contributed by atoms with van der Waals surface area (Å²) in [6.45, 7) is 6.24. The number of nitrogens with zero attached hydrogens (tertiary/aromatic N) is 4. The standard InChI is InChI=1S/C35H48N4O6/c1-5-6-16-36(17-9-10-19-39(2,3)4)32(40)23-38-22-28(25-13-14-30-31(20-25)45-24-44-30)33(35(42)43)29(38)15-18-37-21-26-11-7-8-12-27(26)34(37)41/h7-8,11-14,20,28-29,33H,5-6,9-10,15-19,21-24H2,1-4H3/p+1.